The van der Waals surface area contributed by atoms with Crippen LogP contribution < -0.4 is 10.9 Å². The molecule has 0 saturated carbocycles. The number of amides is 1. The van der Waals surface area contributed by atoms with Crippen LogP contribution in [0.3, 0.4) is 0 Å². The van der Waals surface area contributed by atoms with E-state index in [0.29, 0.717) is 6.67 Å². The highest BCUT2D eigenvalue weighted by Crippen LogP contribution is 2.16. The Kier molecular flexibility index (Phi) is 4.67. The summed E-state index contributed by atoms with van der Waals surface area (Å²) in [6, 6.07) is -0.296. The van der Waals surface area contributed by atoms with Gasteiger partial charge in [0.15, 0.2) is 5.78 Å². The van der Waals surface area contributed by atoms with E-state index in [1.54, 1.807) is 7.05 Å². The minimum absolute atomic E-state index is 0.0382. The van der Waals surface area contributed by atoms with Gasteiger partial charge in [0.25, 0.3) is 0 Å². The first-order valence-electron chi connectivity index (χ1n) is 5.09. The van der Waals surface area contributed by atoms with E-state index in [0.717, 1.165) is 25.8 Å². The Labute approximate surface area is 89.5 Å². The van der Waals surface area contributed by atoms with E-state index >= 15 is 0 Å². The maximum atomic E-state index is 11.3. The minimum atomic E-state index is -0.296. The molecule has 2 N–H and O–H groups in total. The number of nitrogens with zero attached hydrogens (tertiary/aromatic N) is 2. The van der Waals surface area contributed by atoms with Gasteiger partial charge in [-0.2, -0.15) is 0 Å². The van der Waals surface area contributed by atoms with E-state index in [9.17, 15) is 9.59 Å². The van der Waals surface area contributed by atoms with Gasteiger partial charge < -0.3 is 0 Å². The topological polar surface area (TPSA) is 64.7 Å². The average molecular weight is 214 g/mol. The lowest BCUT2D eigenvalue weighted by molar-refractivity contribution is -0.155. The number of carbonyl (C=O) groups is 2. The van der Waals surface area contributed by atoms with Crippen LogP contribution in [0.25, 0.3) is 0 Å². The van der Waals surface area contributed by atoms with Gasteiger partial charge in [0, 0.05) is 6.54 Å². The summed E-state index contributed by atoms with van der Waals surface area (Å²) < 4.78 is 0. The molecule has 86 valence electrons. The van der Waals surface area contributed by atoms with Crippen molar-refractivity contribution in [2.45, 2.75) is 25.8 Å². The number of nitrogens with one attached hydrogen (secondary N) is 2. The summed E-state index contributed by atoms with van der Waals surface area (Å²) in [6.07, 6.45) is 2.41. The zero-order valence-corrected chi connectivity index (χ0v) is 9.19. The third kappa shape index (κ3) is 2.98. The molecule has 0 aliphatic carbocycles. The molecular formula is C9H18N4O2. The van der Waals surface area contributed by atoms with Crippen LogP contribution in [-0.2, 0) is 9.59 Å². The van der Waals surface area contributed by atoms with Gasteiger partial charge in [0.2, 0.25) is 6.41 Å². The molecule has 6 heteroatoms. The van der Waals surface area contributed by atoms with Crippen molar-refractivity contribution in [2.75, 3.05) is 20.3 Å². The summed E-state index contributed by atoms with van der Waals surface area (Å²) in [7, 11) is 1.76. The molecular weight excluding hydrogens is 196 g/mol. The number of carbonyl (C=O) groups excluding carboxylic acids is 2. The largest absolute Gasteiger partial charge is 0.298 e. The molecule has 1 saturated heterocycles. The fourth-order valence-electron chi connectivity index (χ4n) is 1.77. The Bertz CT molecular complexity index is 234. The Morgan fingerprint density at radius 1 is 1.60 bits per heavy atom. The fourth-order valence-corrected chi connectivity index (χ4v) is 1.77. The Hall–Kier alpha value is -0.980. The first-order chi connectivity index (χ1) is 7.20. The smallest absolute Gasteiger partial charge is 0.224 e. The predicted octanol–water partition coefficient (Wildman–Crippen LogP) is -0.905. The van der Waals surface area contributed by atoms with Crippen LogP contribution in [0.2, 0.25) is 0 Å². The summed E-state index contributed by atoms with van der Waals surface area (Å²) in [4.78, 5) is 22.3. The van der Waals surface area contributed by atoms with E-state index in [4.69, 9.17) is 0 Å². The van der Waals surface area contributed by atoms with Crippen LogP contribution in [0.4, 0.5) is 0 Å². The first kappa shape index (κ1) is 12.1. The number of hydrogen-bond donors (Lipinski definition) is 2. The minimum Gasteiger partial charge on any atom is -0.298 e. The van der Waals surface area contributed by atoms with Gasteiger partial charge in [0.1, 0.15) is 6.04 Å². The molecule has 0 radical (unpaired) electrons. The third-order valence-corrected chi connectivity index (χ3v) is 2.56. The number of ketones is 1. The Balaban J connectivity index is 2.62. The van der Waals surface area contributed by atoms with E-state index in [-0.39, 0.29) is 11.8 Å². The third-order valence-electron chi connectivity index (χ3n) is 2.56. The molecule has 0 bridgehead atoms. The van der Waals surface area contributed by atoms with Gasteiger partial charge in [-0.3, -0.25) is 20.0 Å². The number of rotatable bonds is 5. The van der Waals surface area contributed by atoms with Crippen LogP contribution in [0.15, 0.2) is 0 Å². The highest BCUT2D eigenvalue weighted by Gasteiger charge is 2.30. The molecule has 6 nitrogen and oxygen atoms in total. The van der Waals surface area contributed by atoms with Crippen molar-refractivity contribution < 1.29 is 9.59 Å². The van der Waals surface area contributed by atoms with Gasteiger partial charge in [-0.1, -0.05) is 0 Å². The average Bonchev–Trinajstić information content (AvgIpc) is 2.25. The Morgan fingerprint density at radius 3 is 2.87 bits per heavy atom. The normalized spacial score (nSPS) is 22.8. The van der Waals surface area contributed by atoms with Crippen molar-refractivity contribution in [3.63, 3.8) is 0 Å². The zero-order valence-electron chi connectivity index (χ0n) is 9.19. The molecule has 1 heterocycles. The monoisotopic (exact) mass is 214 g/mol. The van der Waals surface area contributed by atoms with Crippen molar-refractivity contribution in [1.29, 1.82) is 0 Å². The molecule has 1 atom stereocenters. The number of Topliss-reactive ketones (excluding diaryl/α,β-unsaturated/α-hetero) is 1. The predicted molar refractivity (Wildman–Crippen MR) is 55.4 cm³/mol. The van der Waals surface area contributed by atoms with Crippen LogP contribution in [0.1, 0.15) is 19.8 Å². The van der Waals surface area contributed by atoms with E-state index in [1.165, 1.54) is 11.9 Å². The standard InChI is InChI=1S/C9H18N4O2/c1-8(15)9-4-3-5-12(6-11-10-2)13(9)7-14/h7,9-11H,3-6H2,1-2H3. The molecule has 15 heavy (non-hydrogen) atoms. The van der Waals surface area contributed by atoms with Crippen LogP contribution in [0.5, 0.6) is 0 Å². The summed E-state index contributed by atoms with van der Waals surface area (Å²) in [5, 5.41) is 3.31. The summed E-state index contributed by atoms with van der Waals surface area (Å²) in [6.45, 7) is 2.83. The van der Waals surface area contributed by atoms with Crippen LogP contribution in [0, 0.1) is 0 Å². The van der Waals surface area contributed by atoms with E-state index in [2.05, 4.69) is 10.9 Å². The van der Waals surface area contributed by atoms with E-state index in [1.807, 2.05) is 5.01 Å². The SMILES string of the molecule is CNNCN1CCCC(C(C)=O)N1C=O. The molecule has 0 aromatic carbocycles. The molecule has 1 unspecified atom stereocenters. The molecule has 1 amide bonds. The van der Waals surface area contributed by atoms with Crippen LogP contribution >= 0.6 is 0 Å². The second-order valence-electron chi connectivity index (χ2n) is 3.57. The summed E-state index contributed by atoms with van der Waals surface area (Å²) >= 11 is 0. The molecule has 0 aromatic heterocycles. The molecule has 1 aliphatic rings. The zero-order chi connectivity index (χ0) is 11.3. The second-order valence-corrected chi connectivity index (χ2v) is 3.57. The number of hydrazine groups is 2. The van der Waals surface area contributed by atoms with Gasteiger partial charge in [-0.05, 0) is 26.8 Å². The van der Waals surface area contributed by atoms with Gasteiger partial charge >= 0.3 is 0 Å². The van der Waals surface area contributed by atoms with E-state index < -0.39 is 0 Å². The summed E-state index contributed by atoms with van der Waals surface area (Å²) in [5.41, 5.74) is 5.69. The van der Waals surface area contributed by atoms with Crippen molar-refractivity contribution in [2.24, 2.45) is 0 Å². The second kappa shape index (κ2) is 5.79. The number of hydrogen-bond acceptors (Lipinski definition) is 5. The van der Waals surface area contributed by atoms with Crippen LogP contribution in [-0.4, -0.2) is 48.5 Å². The lowest BCUT2D eigenvalue weighted by atomic mass is 10.1. The molecule has 0 spiro atoms. The molecule has 1 rings (SSSR count). The lowest BCUT2D eigenvalue weighted by Gasteiger charge is -2.40. The van der Waals surface area contributed by atoms with Crippen molar-refractivity contribution in [3.8, 4) is 0 Å². The van der Waals surface area contributed by atoms with Gasteiger partial charge in [0.05, 0.1) is 6.67 Å². The first-order valence-corrected chi connectivity index (χ1v) is 5.09. The quantitative estimate of drug-likeness (QED) is 0.458. The van der Waals surface area contributed by atoms with Crippen molar-refractivity contribution >= 4 is 12.2 Å². The van der Waals surface area contributed by atoms with Crippen molar-refractivity contribution in [1.82, 2.24) is 20.9 Å². The summed E-state index contributed by atoms with van der Waals surface area (Å²) in [5.74, 6) is 0.0382. The van der Waals surface area contributed by atoms with Gasteiger partial charge in [-0.15, -0.1) is 0 Å². The van der Waals surface area contributed by atoms with Gasteiger partial charge in [-0.25, -0.2) is 10.4 Å². The van der Waals surface area contributed by atoms with Crippen molar-refractivity contribution in [3.05, 3.63) is 0 Å². The Morgan fingerprint density at radius 2 is 2.33 bits per heavy atom. The molecule has 1 aliphatic heterocycles. The lowest BCUT2D eigenvalue weighted by Crippen LogP contribution is -2.57. The highest BCUT2D eigenvalue weighted by atomic mass is 16.2. The highest BCUT2D eigenvalue weighted by molar-refractivity contribution is 5.83. The molecule has 0 aromatic rings. The maximum Gasteiger partial charge on any atom is 0.224 e. The fraction of sp³-hybridized carbons (Fsp3) is 0.778. The molecule has 1 fully saturated rings. The maximum absolute atomic E-state index is 11.3.